The molecule has 1 aromatic heterocycles. The van der Waals surface area contributed by atoms with Crippen LogP contribution in [0.4, 0.5) is 18.9 Å². The monoisotopic (exact) mass is 336 g/mol. The first-order chi connectivity index (χ1) is 11.4. The molecule has 0 saturated heterocycles. The van der Waals surface area contributed by atoms with Crippen molar-refractivity contribution in [1.29, 1.82) is 0 Å². The van der Waals surface area contributed by atoms with Gasteiger partial charge in [0.2, 0.25) is 0 Å². The highest BCUT2D eigenvalue weighted by atomic mass is 19.4. The first-order valence-electron chi connectivity index (χ1n) is 6.91. The zero-order valence-corrected chi connectivity index (χ0v) is 12.5. The molecule has 2 aromatic rings. The fourth-order valence-corrected chi connectivity index (χ4v) is 1.80. The van der Waals surface area contributed by atoms with Crippen LogP contribution in [0.3, 0.4) is 0 Å². The predicted molar refractivity (Wildman–Crippen MR) is 84.5 cm³/mol. The SMILES string of the molecule is C=C(NNC(=O)CNc1cccc(C(F)(F)F)c1)c1ccncc1. The second-order valence-corrected chi connectivity index (χ2v) is 4.82. The molecule has 0 unspecified atom stereocenters. The van der Waals surface area contributed by atoms with Gasteiger partial charge in [-0.15, -0.1) is 0 Å². The van der Waals surface area contributed by atoms with E-state index in [2.05, 4.69) is 27.7 Å². The van der Waals surface area contributed by atoms with Crippen LogP contribution in [0.1, 0.15) is 11.1 Å². The fraction of sp³-hybridized carbons (Fsp3) is 0.125. The van der Waals surface area contributed by atoms with Crippen LogP contribution >= 0.6 is 0 Å². The van der Waals surface area contributed by atoms with Gasteiger partial charge in [-0.2, -0.15) is 13.2 Å². The van der Waals surface area contributed by atoms with E-state index < -0.39 is 17.6 Å². The molecule has 1 heterocycles. The van der Waals surface area contributed by atoms with Crippen LogP contribution in [0.5, 0.6) is 0 Å². The van der Waals surface area contributed by atoms with Gasteiger partial charge in [-0.05, 0) is 30.3 Å². The minimum absolute atomic E-state index is 0.196. The predicted octanol–water partition coefficient (Wildman–Crippen LogP) is 2.80. The molecule has 0 saturated carbocycles. The quantitative estimate of drug-likeness (QED) is 0.710. The van der Waals surface area contributed by atoms with Crippen molar-refractivity contribution in [2.24, 2.45) is 0 Å². The van der Waals surface area contributed by atoms with Gasteiger partial charge in [0.1, 0.15) is 0 Å². The first-order valence-corrected chi connectivity index (χ1v) is 6.91. The molecule has 0 radical (unpaired) electrons. The van der Waals surface area contributed by atoms with Crippen LogP contribution in [-0.4, -0.2) is 17.4 Å². The van der Waals surface area contributed by atoms with Gasteiger partial charge in [-0.1, -0.05) is 12.6 Å². The third-order valence-electron chi connectivity index (χ3n) is 3.02. The number of alkyl halides is 3. The molecule has 126 valence electrons. The minimum atomic E-state index is -4.43. The number of hydrogen-bond donors (Lipinski definition) is 3. The van der Waals surface area contributed by atoms with Gasteiger partial charge < -0.3 is 5.32 Å². The van der Waals surface area contributed by atoms with Crippen molar-refractivity contribution in [1.82, 2.24) is 15.8 Å². The molecule has 0 aliphatic carbocycles. The van der Waals surface area contributed by atoms with Crippen molar-refractivity contribution in [2.45, 2.75) is 6.18 Å². The highest BCUT2D eigenvalue weighted by Crippen LogP contribution is 2.30. The van der Waals surface area contributed by atoms with Crippen molar-refractivity contribution in [3.63, 3.8) is 0 Å². The highest BCUT2D eigenvalue weighted by molar-refractivity contribution is 5.81. The van der Waals surface area contributed by atoms with Crippen molar-refractivity contribution >= 4 is 17.3 Å². The number of aromatic nitrogens is 1. The van der Waals surface area contributed by atoms with Gasteiger partial charge >= 0.3 is 6.18 Å². The molecule has 24 heavy (non-hydrogen) atoms. The van der Waals surface area contributed by atoms with Crippen molar-refractivity contribution in [3.05, 3.63) is 66.5 Å². The molecule has 0 fully saturated rings. The van der Waals surface area contributed by atoms with Crippen LogP contribution < -0.4 is 16.2 Å². The number of hydrazine groups is 1. The lowest BCUT2D eigenvalue weighted by atomic mass is 10.2. The summed E-state index contributed by atoms with van der Waals surface area (Å²) >= 11 is 0. The number of nitrogens with one attached hydrogen (secondary N) is 3. The Hall–Kier alpha value is -3.03. The van der Waals surface area contributed by atoms with Crippen molar-refractivity contribution in [2.75, 3.05) is 11.9 Å². The maximum Gasteiger partial charge on any atom is 0.416 e. The number of anilines is 1. The van der Waals surface area contributed by atoms with Gasteiger partial charge in [-0.25, -0.2) is 0 Å². The van der Waals surface area contributed by atoms with E-state index in [0.29, 0.717) is 5.70 Å². The molecule has 2 rings (SSSR count). The molecule has 0 atom stereocenters. The van der Waals surface area contributed by atoms with Gasteiger partial charge in [-0.3, -0.25) is 20.6 Å². The minimum Gasteiger partial charge on any atom is -0.376 e. The Balaban J connectivity index is 1.82. The van der Waals surface area contributed by atoms with Gasteiger partial charge in [0.15, 0.2) is 0 Å². The Morgan fingerprint density at radius 3 is 2.50 bits per heavy atom. The molecule has 1 amide bonds. The van der Waals surface area contributed by atoms with E-state index in [1.165, 1.54) is 12.1 Å². The summed E-state index contributed by atoms with van der Waals surface area (Å²) in [4.78, 5) is 15.6. The molecule has 0 aliphatic rings. The molecule has 5 nitrogen and oxygen atoms in total. The number of carbonyl (C=O) groups excluding carboxylic acids is 1. The summed E-state index contributed by atoms with van der Waals surface area (Å²) in [6.45, 7) is 3.56. The number of halogens is 3. The lowest BCUT2D eigenvalue weighted by Crippen LogP contribution is -2.39. The van der Waals surface area contributed by atoms with Crippen LogP contribution in [0.2, 0.25) is 0 Å². The third kappa shape index (κ3) is 5.01. The number of hydrogen-bond acceptors (Lipinski definition) is 4. The molecule has 0 bridgehead atoms. The van der Waals surface area contributed by atoms with E-state index in [9.17, 15) is 18.0 Å². The average Bonchev–Trinajstić information content (AvgIpc) is 2.58. The Labute approximate surface area is 136 Å². The van der Waals surface area contributed by atoms with Crippen LogP contribution in [0.15, 0.2) is 55.4 Å². The number of pyridine rings is 1. The van der Waals surface area contributed by atoms with Gasteiger partial charge in [0.05, 0.1) is 17.8 Å². The molecule has 8 heteroatoms. The summed E-state index contributed by atoms with van der Waals surface area (Å²) in [5.41, 5.74) is 5.66. The second-order valence-electron chi connectivity index (χ2n) is 4.82. The first kappa shape index (κ1) is 17.3. The van der Waals surface area contributed by atoms with E-state index in [1.54, 1.807) is 24.5 Å². The number of carbonyl (C=O) groups is 1. The van der Waals surface area contributed by atoms with E-state index in [0.717, 1.165) is 17.7 Å². The summed E-state index contributed by atoms with van der Waals surface area (Å²) in [6, 6.07) is 8.05. The molecule has 0 aliphatic heterocycles. The van der Waals surface area contributed by atoms with Crippen LogP contribution in [0.25, 0.3) is 5.70 Å². The number of nitrogens with zero attached hydrogens (tertiary/aromatic N) is 1. The normalized spacial score (nSPS) is 10.8. The molecular formula is C16H15F3N4O. The molecular weight excluding hydrogens is 321 g/mol. The van der Waals surface area contributed by atoms with E-state index in [-0.39, 0.29) is 12.2 Å². The number of amides is 1. The molecule has 0 spiro atoms. The number of rotatable bonds is 6. The molecule has 3 N–H and O–H groups in total. The van der Waals surface area contributed by atoms with Crippen LogP contribution in [-0.2, 0) is 11.0 Å². The fourth-order valence-electron chi connectivity index (χ4n) is 1.80. The Morgan fingerprint density at radius 1 is 1.12 bits per heavy atom. The maximum atomic E-state index is 12.6. The zero-order valence-electron chi connectivity index (χ0n) is 12.5. The lowest BCUT2D eigenvalue weighted by molar-refractivity contribution is -0.137. The molecule has 1 aromatic carbocycles. The smallest absolute Gasteiger partial charge is 0.376 e. The van der Waals surface area contributed by atoms with Crippen LogP contribution in [0, 0.1) is 0 Å². The summed E-state index contributed by atoms with van der Waals surface area (Å²) < 4.78 is 37.8. The summed E-state index contributed by atoms with van der Waals surface area (Å²) in [7, 11) is 0. The Kier molecular flexibility index (Phi) is 5.41. The zero-order chi connectivity index (χ0) is 17.6. The van der Waals surface area contributed by atoms with Crippen molar-refractivity contribution < 1.29 is 18.0 Å². The number of benzene rings is 1. The summed E-state index contributed by atoms with van der Waals surface area (Å²) in [5, 5.41) is 2.63. The van der Waals surface area contributed by atoms with Crippen molar-refractivity contribution in [3.8, 4) is 0 Å². The maximum absolute atomic E-state index is 12.6. The van der Waals surface area contributed by atoms with E-state index >= 15 is 0 Å². The summed E-state index contributed by atoms with van der Waals surface area (Å²) in [6.07, 6.45) is -1.26. The standard InChI is InChI=1S/C16H15F3N4O/c1-11(12-5-7-20-8-6-12)22-23-15(24)10-21-14-4-2-3-13(9-14)16(17,18)19/h2-9,21-22H,1,10H2,(H,23,24). The average molecular weight is 336 g/mol. The van der Waals surface area contributed by atoms with Gasteiger partial charge in [0, 0.05) is 23.6 Å². The van der Waals surface area contributed by atoms with E-state index in [1.807, 2.05) is 0 Å². The van der Waals surface area contributed by atoms with E-state index in [4.69, 9.17) is 0 Å². The lowest BCUT2D eigenvalue weighted by Gasteiger charge is -2.13. The van der Waals surface area contributed by atoms with Gasteiger partial charge in [0.25, 0.3) is 5.91 Å². The third-order valence-corrected chi connectivity index (χ3v) is 3.02. The largest absolute Gasteiger partial charge is 0.416 e. The second kappa shape index (κ2) is 7.49. The highest BCUT2D eigenvalue weighted by Gasteiger charge is 2.30. The summed E-state index contributed by atoms with van der Waals surface area (Å²) in [5.74, 6) is -0.456. The Morgan fingerprint density at radius 2 is 1.83 bits per heavy atom. The topological polar surface area (TPSA) is 66.0 Å². The Bertz CT molecular complexity index is 717.